The number of ether oxygens (including phenoxy) is 1. The van der Waals surface area contributed by atoms with Gasteiger partial charge in [0.2, 0.25) is 0 Å². The summed E-state index contributed by atoms with van der Waals surface area (Å²) in [7, 11) is 1.56. The number of para-hydroxylation sites is 2. The summed E-state index contributed by atoms with van der Waals surface area (Å²) >= 11 is 1.28. The molecule has 0 bridgehead atoms. The molecule has 1 heterocycles. The summed E-state index contributed by atoms with van der Waals surface area (Å²) in [4.78, 5) is 24.3. The molecule has 1 amide bonds. The van der Waals surface area contributed by atoms with Crippen LogP contribution in [0.3, 0.4) is 0 Å². The standard InChI is InChI=1S/C23H22N2O4S/c1-29-21-12-3-2-10-19(21)24-23(28)20-11-6-14-25(20)13-5-8-17-7-4-9-18(15-17)30-16-22(26)27/h2-12,14-15H,13,16H2,1H3,(H,24,28)(H,26,27)/b8-5+. The number of carbonyl (C=O) groups excluding carboxylic acids is 1. The second-order valence-electron chi connectivity index (χ2n) is 6.36. The Morgan fingerprint density at radius 1 is 1.13 bits per heavy atom. The maximum atomic E-state index is 12.7. The smallest absolute Gasteiger partial charge is 0.313 e. The van der Waals surface area contributed by atoms with Gasteiger partial charge < -0.3 is 19.7 Å². The Labute approximate surface area is 179 Å². The van der Waals surface area contributed by atoms with Gasteiger partial charge in [0.25, 0.3) is 5.91 Å². The summed E-state index contributed by atoms with van der Waals surface area (Å²) < 4.78 is 7.13. The first-order chi connectivity index (χ1) is 14.6. The van der Waals surface area contributed by atoms with Crippen LogP contribution in [-0.2, 0) is 11.3 Å². The second kappa shape index (κ2) is 10.4. The van der Waals surface area contributed by atoms with Crippen molar-refractivity contribution < 1.29 is 19.4 Å². The minimum atomic E-state index is -0.840. The third kappa shape index (κ3) is 5.78. The number of anilines is 1. The molecule has 0 saturated heterocycles. The van der Waals surface area contributed by atoms with E-state index in [2.05, 4.69) is 5.32 Å². The van der Waals surface area contributed by atoms with Gasteiger partial charge in [0.05, 0.1) is 18.6 Å². The lowest BCUT2D eigenvalue weighted by molar-refractivity contribution is -0.133. The number of allylic oxidation sites excluding steroid dienone is 1. The van der Waals surface area contributed by atoms with E-state index in [1.807, 2.05) is 65.4 Å². The summed E-state index contributed by atoms with van der Waals surface area (Å²) in [6.07, 6.45) is 5.76. The number of methoxy groups -OCH3 is 1. The van der Waals surface area contributed by atoms with E-state index in [4.69, 9.17) is 9.84 Å². The Hall–Kier alpha value is -3.45. The number of hydrogen-bond donors (Lipinski definition) is 2. The van der Waals surface area contributed by atoms with Crippen molar-refractivity contribution in [3.8, 4) is 5.75 Å². The Morgan fingerprint density at radius 3 is 2.77 bits per heavy atom. The van der Waals surface area contributed by atoms with Gasteiger partial charge in [-0.15, -0.1) is 11.8 Å². The highest BCUT2D eigenvalue weighted by molar-refractivity contribution is 8.00. The van der Waals surface area contributed by atoms with Crippen LogP contribution in [-0.4, -0.2) is 34.4 Å². The van der Waals surface area contributed by atoms with Crippen LogP contribution < -0.4 is 10.1 Å². The molecule has 0 aliphatic heterocycles. The third-order valence-corrected chi connectivity index (χ3v) is 5.23. The lowest BCUT2D eigenvalue weighted by Gasteiger charge is -2.11. The first-order valence-corrected chi connectivity index (χ1v) is 10.3. The zero-order chi connectivity index (χ0) is 21.3. The first-order valence-electron chi connectivity index (χ1n) is 9.27. The van der Waals surface area contributed by atoms with Crippen LogP contribution in [0, 0.1) is 0 Å². The number of carboxylic acid groups (broad SMARTS) is 1. The summed E-state index contributed by atoms with van der Waals surface area (Å²) in [6, 6.07) is 18.5. The molecule has 0 radical (unpaired) electrons. The molecule has 0 unspecified atom stereocenters. The molecule has 30 heavy (non-hydrogen) atoms. The number of benzene rings is 2. The lowest BCUT2D eigenvalue weighted by Crippen LogP contribution is -2.17. The highest BCUT2D eigenvalue weighted by atomic mass is 32.2. The van der Waals surface area contributed by atoms with Crippen LogP contribution in [0.4, 0.5) is 5.69 Å². The average Bonchev–Trinajstić information content (AvgIpc) is 3.22. The average molecular weight is 423 g/mol. The molecule has 7 heteroatoms. The molecule has 0 atom stereocenters. The SMILES string of the molecule is COc1ccccc1NC(=O)c1cccn1C/C=C/c1cccc(SCC(=O)O)c1. The van der Waals surface area contributed by atoms with Gasteiger partial charge >= 0.3 is 5.97 Å². The van der Waals surface area contributed by atoms with Crippen molar-refractivity contribution in [1.29, 1.82) is 0 Å². The Bertz CT molecular complexity index is 1060. The van der Waals surface area contributed by atoms with Gasteiger partial charge in [-0.05, 0) is 42.0 Å². The van der Waals surface area contributed by atoms with Crippen molar-refractivity contribution >= 4 is 35.4 Å². The van der Waals surface area contributed by atoms with Crippen LogP contribution in [0.2, 0.25) is 0 Å². The van der Waals surface area contributed by atoms with Crippen molar-refractivity contribution in [3.05, 3.63) is 84.2 Å². The molecule has 0 spiro atoms. The van der Waals surface area contributed by atoms with Crippen LogP contribution in [0.5, 0.6) is 5.75 Å². The summed E-state index contributed by atoms with van der Waals surface area (Å²) in [6.45, 7) is 0.522. The number of nitrogens with one attached hydrogen (secondary N) is 1. The molecule has 6 nitrogen and oxygen atoms in total. The van der Waals surface area contributed by atoms with E-state index >= 15 is 0 Å². The fourth-order valence-corrected chi connectivity index (χ4v) is 3.55. The van der Waals surface area contributed by atoms with E-state index in [9.17, 15) is 9.59 Å². The molecule has 0 fully saturated rings. The number of thioether (sulfide) groups is 1. The van der Waals surface area contributed by atoms with Gasteiger partial charge in [0.15, 0.2) is 0 Å². The summed E-state index contributed by atoms with van der Waals surface area (Å²) in [5.41, 5.74) is 2.12. The minimum absolute atomic E-state index is 0.0290. The monoisotopic (exact) mass is 422 g/mol. The lowest BCUT2D eigenvalue weighted by atomic mass is 10.2. The van der Waals surface area contributed by atoms with Crippen molar-refractivity contribution in [2.45, 2.75) is 11.4 Å². The zero-order valence-electron chi connectivity index (χ0n) is 16.4. The fraction of sp³-hybridized carbons (Fsp3) is 0.130. The number of hydrogen-bond acceptors (Lipinski definition) is 4. The predicted molar refractivity (Wildman–Crippen MR) is 119 cm³/mol. The fourth-order valence-electron chi connectivity index (χ4n) is 2.87. The van der Waals surface area contributed by atoms with E-state index in [-0.39, 0.29) is 11.7 Å². The Kier molecular flexibility index (Phi) is 7.34. The molecule has 2 aromatic carbocycles. The predicted octanol–water partition coefficient (Wildman–Crippen LogP) is 4.64. The van der Waals surface area contributed by atoms with Crippen molar-refractivity contribution in [2.75, 3.05) is 18.2 Å². The molecule has 0 saturated carbocycles. The topological polar surface area (TPSA) is 80.6 Å². The number of carboxylic acids is 1. The van der Waals surface area contributed by atoms with Gasteiger partial charge in [0.1, 0.15) is 11.4 Å². The largest absolute Gasteiger partial charge is 0.495 e. The van der Waals surface area contributed by atoms with Crippen molar-refractivity contribution in [2.24, 2.45) is 0 Å². The normalized spacial score (nSPS) is 10.8. The highest BCUT2D eigenvalue weighted by Gasteiger charge is 2.12. The van der Waals surface area contributed by atoms with E-state index in [0.29, 0.717) is 23.7 Å². The van der Waals surface area contributed by atoms with Gasteiger partial charge in [-0.1, -0.05) is 36.4 Å². The van der Waals surface area contributed by atoms with E-state index < -0.39 is 5.97 Å². The van der Waals surface area contributed by atoms with E-state index in [0.717, 1.165) is 10.5 Å². The maximum Gasteiger partial charge on any atom is 0.313 e. The molecule has 3 aromatic rings. The van der Waals surface area contributed by atoms with Gasteiger partial charge in [-0.25, -0.2) is 0 Å². The molecule has 0 aliphatic rings. The van der Waals surface area contributed by atoms with Crippen LogP contribution in [0.1, 0.15) is 16.1 Å². The molecular formula is C23H22N2O4S. The van der Waals surface area contributed by atoms with E-state index in [1.165, 1.54) is 11.8 Å². The molecular weight excluding hydrogens is 400 g/mol. The highest BCUT2D eigenvalue weighted by Crippen LogP contribution is 2.24. The molecule has 1 aromatic heterocycles. The molecule has 154 valence electrons. The van der Waals surface area contributed by atoms with Crippen LogP contribution in [0.25, 0.3) is 6.08 Å². The minimum Gasteiger partial charge on any atom is -0.495 e. The number of nitrogens with zero attached hydrogens (tertiary/aromatic N) is 1. The van der Waals surface area contributed by atoms with Crippen molar-refractivity contribution in [1.82, 2.24) is 4.57 Å². The summed E-state index contributed by atoms with van der Waals surface area (Å²) in [5, 5.41) is 11.7. The first kappa shape index (κ1) is 21.3. The summed E-state index contributed by atoms with van der Waals surface area (Å²) in [5.74, 6) is -0.428. The molecule has 0 aliphatic carbocycles. The van der Waals surface area contributed by atoms with Gasteiger partial charge in [-0.3, -0.25) is 9.59 Å². The number of amides is 1. The maximum absolute atomic E-state index is 12.7. The quantitative estimate of drug-likeness (QED) is 0.491. The Balaban J connectivity index is 1.65. The van der Waals surface area contributed by atoms with Crippen molar-refractivity contribution in [3.63, 3.8) is 0 Å². The van der Waals surface area contributed by atoms with Crippen LogP contribution in [0.15, 0.2) is 77.8 Å². The van der Waals surface area contributed by atoms with E-state index in [1.54, 1.807) is 25.3 Å². The molecule has 3 rings (SSSR count). The number of rotatable bonds is 9. The Morgan fingerprint density at radius 2 is 1.97 bits per heavy atom. The van der Waals surface area contributed by atoms with Gasteiger partial charge in [-0.2, -0.15) is 0 Å². The zero-order valence-corrected chi connectivity index (χ0v) is 17.3. The van der Waals surface area contributed by atoms with Gasteiger partial charge in [0, 0.05) is 17.6 Å². The molecule has 2 N–H and O–H groups in total. The third-order valence-electron chi connectivity index (χ3n) is 4.25. The second-order valence-corrected chi connectivity index (χ2v) is 7.41. The van der Waals surface area contributed by atoms with Crippen LogP contribution >= 0.6 is 11.8 Å². The number of carbonyl (C=O) groups is 2. The number of aromatic nitrogens is 1. The number of aliphatic carboxylic acids is 1.